The molecular formula is C20H23N. The van der Waals surface area contributed by atoms with Crippen molar-refractivity contribution in [2.75, 3.05) is 6.54 Å². The Morgan fingerprint density at radius 3 is 2.57 bits per heavy atom. The fourth-order valence-electron chi connectivity index (χ4n) is 2.56. The fraction of sp³-hybridized carbons (Fsp3) is 0.300. The molecule has 2 rings (SSSR count). The first kappa shape index (κ1) is 15.4. The zero-order valence-corrected chi connectivity index (χ0v) is 12.9. The van der Waals surface area contributed by atoms with Gasteiger partial charge in [0.25, 0.3) is 0 Å². The first-order valence-electron chi connectivity index (χ1n) is 7.51. The Morgan fingerprint density at radius 2 is 1.86 bits per heavy atom. The zero-order valence-electron chi connectivity index (χ0n) is 12.9. The van der Waals surface area contributed by atoms with Crippen molar-refractivity contribution in [3.63, 3.8) is 0 Å². The Hall–Kier alpha value is -2.04. The molecule has 21 heavy (non-hydrogen) atoms. The van der Waals surface area contributed by atoms with Crippen LogP contribution in [0.4, 0.5) is 0 Å². The van der Waals surface area contributed by atoms with E-state index in [4.69, 9.17) is 6.42 Å². The molecule has 0 spiro atoms. The van der Waals surface area contributed by atoms with E-state index in [1.165, 1.54) is 22.3 Å². The van der Waals surface area contributed by atoms with Crippen LogP contribution >= 0.6 is 0 Å². The molecule has 1 unspecified atom stereocenters. The van der Waals surface area contributed by atoms with Crippen molar-refractivity contribution < 1.29 is 0 Å². The molecule has 0 bridgehead atoms. The predicted octanol–water partition coefficient (Wildman–Crippen LogP) is 4.40. The van der Waals surface area contributed by atoms with Crippen LogP contribution in [-0.4, -0.2) is 6.54 Å². The first-order valence-corrected chi connectivity index (χ1v) is 7.51. The SMILES string of the molecule is C#CCCCNC(c1ccccc1)c1cc(C)ccc1C. The number of terminal acetylenes is 1. The molecule has 0 aliphatic rings. The maximum Gasteiger partial charge on any atom is 0.0579 e. The molecule has 1 nitrogen and oxygen atoms in total. The minimum atomic E-state index is 0.226. The second kappa shape index (κ2) is 7.67. The molecule has 2 aromatic rings. The van der Waals surface area contributed by atoms with Crippen molar-refractivity contribution in [2.24, 2.45) is 0 Å². The lowest BCUT2D eigenvalue weighted by atomic mass is 9.93. The molecule has 2 aromatic carbocycles. The number of nitrogens with one attached hydrogen (secondary N) is 1. The summed E-state index contributed by atoms with van der Waals surface area (Å²) >= 11 is 0. The van der Waals surface area contributed by atoms with Crippen molar-refractivity contribution in [1.82, 2.24) is 5.32 Å². The van der Waals surface area contributed by atoms with Gasteiger partial charge >= 0.3 is 0 Å². The van der Waals surface area contributed by atoms with Crippen molar-refractivity contribution in [3.05, 3.63) is 70.8 Å². The van der Waals surface area contributed by atoms with E-state index in [9.17, 15) is 0 Å². The van der Waals surface area contributed by atoms with Crippen LogP contribution < -0.4 is 5.32 Å². The Morgan fingerprint density at radius 1 is 1.10 bits per heavy atom. The molecule has 0 aromatic heterocycles. The summed E-state index contributed by atoms with van der Waals surface area (Å²) in [6, 6.07) is 17.5. The highest BCUT2D eigenvalue weighted by atomic mass is 14.9. The zero-order chi connectivity index (χ0) is 15.1. The lowest BCUT2D eigenvalue weighted by molar-refractivity contribution is 0.586. The number of benzene rings is 2. The van der Waals surface area contributed by atoms with Crippen LogP contribution in [0.5, 0.6) is 0 Å². The van der Waals surface area contributed by atoms with Crippen LogP contribution in [0.25, 0.3) is 0 Å². The smallest absolute Gasteiger partial charge is 0.0579 e. The summed E-state index contributed by atoms with van der Waals surface area (Å²) in [6.45, 7) is 5.24. The molecule has 0 aliphatic heterocycles. The second-order valence-corrected chi connectivity index (χ2v) is 5.47. The summed E-state index contributed by atoms with van der Waals surface area (Å²) in [6.07, 6.45) is 7.16. The maximum atomic E-state index is 5.33. The van der Waals surface area contributed by atoms with Crippen LogP contribution in [-0.2, 0) is 0 Å². The summed E-state index contributed by atoms with van der Waals surface area (Å²) < 4.78 is 0. The molecule has 0 heterocycles. The Labute approximate surface area is 128 Å². The Kier molecular flexibility index (Phi) is 5.60. The molecule has 0 saturated heterocycles. The quantitative estimate of drug-likeness (QED) is 0.609. The second-order valence-electron chi connectivity index (χ2n) is 5.47. The van der Waals surface area contributed by atoms with Crippen LogP contribution in [0.15, 0.2) is 48.5 Å². The van der Waals surface area contributed by atoms with E-state index >= 15 is 0 Å². The average molecular weight is 277 g/mol. The lowest BCUT2D eigenvalue weighted by Crippen LogP contribution is -2.24. The molecule has 1 atom stereocenters. The van der Waals surface area contributed by atoms with E-state index < -0.39 is 0 Å². The van der Waals surface area contributed by atoms with Gasteiger partial charge in [-0.2, -0.15) is 0 Å². The average Bonchev–Trinajstić information content (AvgIpc) is 2.51. The molecule has 0 amide bonds. The van der Waals surface area contributed by atoms with Gasteiger partial charge in [-0.1, -0.05) is 54.1 Å². The van der Waals surface area contributed by atoms with Gasteiger partial charge in [-0.3, -0.25) is 0 Å². The highest BCUT2D eigenvalue weighted by Gasteiger charge is 2.15. The van der Waals surface area contributed by atoms with E-state index in [0.29, 0.717) is 0 Å². The van der Waals surface area contributed by atoms with Gasteiger partial charge in [0.2, 0.25) is 0 Å². The molecule has 1 heteroatoms. The third-order valence-electron chi connectivity index (χ3n) is 3.73. The van der Waals surface area contributed by atoms with Crippen molar-refractivity contribution in [1.29, 1.82) is 0 Å². The summed E-state index contributed by atoms with van der Waals surface area (Å²) in [5.41, 5.74) is 5.26. The third kappa shape index (κ3) is 4.21. The van der Waals surface area contributed by atoms with E-state index in [0.717, 1.165) is 19.4 Å². The largest absolute Gasteiger partial charge is 0.306 e. The molecule has 0 saturated carbocycles. The first-order chi connectivity index (χ1) is 10.2. The Bertz CT molecular complexity index is 607. The predicted molar refractivity (Wildman–Crippen MR) is 90.3 cm³/mol. The van der Waals surface area contributed by atoms with Gasteiger partial charge in [0, 0.05) is 6.42 Å². The number of rotatable bonds is 6. The standard InChI is InChI=1S/C20H23N/c1-4-5-9-14-21-20(18-10-7-6-8-11-18)19-15-16(2)12-13-17(19)3/h1,6-8,10-13,15,20-21H,5,9,14H2,2-3H3. The number of hydrogen-bond donors (Lipinski definition) is 1. The van der Waals surface area contributed by atoms with Crippen LogP contribution in [0.3, 0.4) is 0 Å². The molecule has 0 fully saturated rings. The van der Waals surface area contributed by atoms with Gasteiger partial charge in [0.1, 0.15) is 0 Å². The number of unbranched alkanes of at least 4 members (excludes halogenated alkanes) is 1. The van der Waals surface area contributed by atoms with E-state index in [2.05, 4.69) is 73.6 Å². The summed E-state index contributed by atoms with van der Waals surface area (Å²) in [5, 5.41) is 3.66. The fourth-order valence-corrected chi connectivity index (χ4v) is 2.56. The molecular weight excluding hydrogens is 254 g/mol. The number of hydrogen-bond acceptors (Lipinski definition) is 1. The molecule has 0 aliphatic carbocycles. The minimum Gasteiger partial charge on any atom is -0.306 e. The van der Waals surface area contributed by atoms with Gasteiger partial charge in [0.15, 0.2) is 0 Å². The van der Waals surface area contributed by atoms with Crippen LogP contribution in [0, 0.1) is 26.2 Å². The van der Waals surface area contributed by atoms with Gasteiger partial charge in [-0.15, -0.1) is 12.3 Å². The van der Waals surface area contributed by atoms with Crippen molar-refractivity contribution >= 4 is 0 Å². The van der Waals surface area contributed by atoms with Crippen LogP contribution in [0.2, 0.25) is 0 Å². The normalized spacial score (nSPS) is 11.9. The van der Waals surface area contributed by atoms with Gasteiger partial charge < -0.3 is 5.32 Å². The topological polar surface area (TPSA) is 12.0 Å². The lowest BCUT2D eigenvalue weighted by Gasteiger charge is -2.22. The number of aryl methyl sites for hydroxylation is 2. The van der Waals surface area contributed by atoms with Crippen molar-refractivity contribution in [2.45, 2.75) is 32.7 Å². The molecule has 0 radical (unpaired) electrons. The summed E-state index contributed by atoms with van der Waals surface area (Å²) in [7, 11) is 0. The van der Waals surface area contributed by atoms with E-state index in [1.807, 2.05) is 0 Å². The summed E-state index contributed by atoms with van der Waals surface area (Å²) in [5.74, 6) is 2.70. The maximum absolute atomic E-state index is 5.33. The third-order valence-corrected chi connectivity index (χ3v) is 3.73. The van der Waals surface area contributed by atoms with Gasteiger partial charge in [-0.25, -0.2) is 0 Å². The highest BCUT2D eigenvalue weighted by Crippen LogP contribution is 2.25. The monoisotopic (exact) mass is 277 g/mol. The highest BCUT2D eigenvalue weighted by molar-refractivity contribution is 5.39. The van der Waals surface area contributed by atoms with E-state index in [-0.39, 0.29) is 6.04 Å². The Balaban J connectivity index is 2.27. The van der Waals surface area contributed by atoms with Crippen LogP contribution in [0.1, 0.15) is 41.1 Å². The molecule has 1 N–H and O–H groups in total. The summed E-state index contributed by atoms with van der Waals surface area (Å²) in [4.78, 5) is 0. The minimum absolute atomic E-state index is 0.226. The molecule has 108 valence electrons. The van der Waals surface area contributed by atoms with E-state index in [1.54, 1.807) is 0 Å². The van der Waals surface area contributed by atoms with Crippen molar-refractivity contribution in [3.8, 4) is 12.3 Å². The van der Waals surface area contributed by atoms with Gasteiger partial charge in [-0.05, 0) is 43.5 Å². The van der Waals surface area contributed by atoms with Gasteiger partial charge in [0.05, 0.1) is 6.04 Å².